The molecule has 0 amide bonds. The number of hydrogen-bond donors (Lipinski definition) is 1. The number of aliphatic hydroxyl groups excluding tert-OH is 1. The summed E-state index contributed by atoms with van der Waals surface area (Å²) in [5, 5.41) is 10.8. The first kappa shape index (κ1) is 14.3. The molecule has 5 heteroatoms. The standard InChI is InChI=1S/C14H11BrClFO2/c1-19-13-5-3-9(17)7-10(13)14(18)8-2-4-11(15)12(16)6-8/h2-7,14,18H,1H3. The molecule has 0 aliphatic heterocycles. The molecule has 2 aromatic rings. The minimum absolute atomic E-state index is 0.362. The van der Waals surface area contributed by atoms with Crippen molar-refractivity contribution in [2.24, 2.45) is 0 Å². The Labute approximate surface area is 123 Å². The topological polar surface area (TPSA) is 29.5 Å². The zero-order valence-corrected chi connectivity index (χ0v) is 12.4. The van der Waals surface area contributed by atoms with Crippen LogP contribution in [-0.2, 0) is 0 Å². The van der Waals surface area contributed by atoms with Gasteiger partial charge < -0.3 is 9.84 Å². The van der Waals surface area contributed by atoms with Gasteiger partial charge in [0.05, 0.1) is 12.1 Å². The van der Waals surface area contributed by atoms with Crippen LogP contribution in [0.2, 0.25) is 5.02 Å². The summed E-state index contributed by atoms with van der Waals surface area (Å²) in [7, 11) is 1.47. The van der Waals surface area contributed by atoms with Gasteiger partial charge in [0.25, 0.3) is 0 Å². The fraction of sp³-hybridized carbons (Fsp3) is 0.143. The van der Waals surface area contributed by atoms with E-state index >= 15 is 0 Å². The lowest BCUT2D eigenvalue weighted by atomic mass is 10.0. The van der Waals surface area contributed by atoms with Crippen LogP contribution in [0.15, 0.2) is 40.9 Å². The molecule has 0 bridgehead atoms. The van der Waals surface area contributed by atoms with Gasteiger partial charge in [0.1, 0.15) is 17.7 Å². The first-order valence-electron chi connectivity index (χ1n) is 5.49. The van der Waals surface area contributed by atoms with Gasteiger partial charge in [-0.15, -0.1) is 0 Å². The Morgan fingerprint density at radius 2 is 2.00 bits per heavy atom. The third-order valence-electron chi connectivity index (χ3n) is 2.75. The van der Waals surface area contributed by atoms with Crippen molar-refractivity contribution in [3.8, 4) is 5.75 Å². The molecule has 2 rings (SSSR count). The van der Waals surface area contributed by atoms with E-state index in [2.05, 4.69) is 15.9 Å². The van der Waals surface area contributed by atoms with Gasteiger partial charge in [-0.25, -0.2) is 4.39 Å². The monoisotopic (exact) mass is 344 g/mol. The van der Waals surface area contributed by atoms with E-state index in [1.54, 1.807) is 18.2 Å². The van der Waals surface area contributed by atoms with E-state index in [4.69, 9.17) is 16.3 Å². The molecule has 2 aromatic carbocycles. The van der Waals surface area contributed by atoms with Crippen LogP contribution in [-0.4, -0.2) is 12.2 Å². The molecule has 0 aliphatic rings. The van der Waals surface area contributed by atoms with Gasteiger partial charge in [-0.1, -0.05) is 17.7 Å². The quantitative estimate of drug-likeness (QED) is 0.897. The van der Waals surface area contributed by atoms with Crippen molar-refractivity contribution < 1.29 is 14.2 Å². The second-order valence-electron chi connectivity index (χ2n) is 3.96. The summed E-state index contributed by atoms with van der Waals surface area (Å²) >= 11 is 9.26. The molecule has 0 heterocycles. The molecule has 1 unspecified atom stereocenters. The highest BCUT2D eigenvalue weighted by Gasteiger charge is 2.17. The molecule has 0 spiro atoms. The van der Waals surface area contributed by atoms with E-state index < -0.39 is 11.9 Å². The molecular weight excluding hydrogens is 335 g/mol. The lowest BCUT2D eigenvalue weighted by Gasteiger charge is -2.15. The number of benzene rings is 2. The number of aliphatic hydroxyl groups is 1. The summed E-state index contributed by atoms with van der Waals surface area (Å²) in [5.41, 5.74) is 0.929. The lowest BCUT2D eigenvalue weighted by molar-refractivity contribution is 0.214. The second-order valence-corrected chi connectivity index (χ2v) is 5.22. The first-order valence-corrected chi connectivity index (χ1v) is 6.66. The molecule has 0 radical (unpaired) electrons. The van der Waals surface area contributed by atoms with E-state index in [-0.39, 0.29) is 0 Å². The van der Waals surface area contributed by atoms with E-state index in [0.717, 1.165) is 4.47 Å². The highest BCUT2D eigenvalue weighted by molar-refractivity contribution is 9.10. The number of halogens is 3. The van der Waals surface area contributed by atoms with Crippen molar-refractivity contribution >= 4 is 27.5 Å². The van der Waals surface area contributed by atoms with Gasteiger partial charge in [-0.3, -0.25) is 0 Å². The Morgan fingerprint density at radius 3 is 2.63 bits per heavy atom. The van der Waals surface area contributed by atoms with Crippen molar-refractivity contribution in [2.45, 2.75) is 6.10 Å². The van der Waals surface area contributed by atoms with Crippen molar-refractivity contribution in [1.29, 1.82) is 0 Å². The maximum atomic E-state index is 13.3. The number of methoxy groups -OCH3 is 1. The van der Waals surface area contributed by atoms with Gasteiger partial charge in [-0.2, -0.15) is 0 Å². The normalized spacial score (nSPS) is 12.3. The Hall–Kier alpha value is -1.10. The second kappa shape index (κ2) is 5.90. The van der Waals surface area contributed by atoms with Gasteiger partial charge in [0, 0.05) is 10.0 Å². The SMILES string of the molecule is COc1ccc(F)cc1C(O)c1ccc(Br)c(Cl)c1. The van der Waals surface area contributed by atoms with Crippen LogP contribution in [0.4, 0.5) is 4.39 Å². The Morgan fingerprint density at radius 1 is 1.26 bits per heavy atom. The van der Waals surface area contributed by atoms with Crippen LogP contribution in [0, 0.1) is 5.82 Å². The van der Waals surface area contributed by atoms with Gasteiger partial charge in [0.2, 0.25) is 0 Å². The molecule has 100 valence electrons. The Balaban J connectivity index is 2.45. The van der Waals surface area contributed by atoms with Gasteiger partial charge in [0.15, 0.2) is 0 Å². The molecule has 0 saturated carbocycles. The number of hydrogen-bond acceptors (Lipinski definition) is 2. The van der Waals surface area contributed by atoms with Crippen LogP contribution in [0.3, 0.4) is 0 Å². The fourth-order valence-electron chi connectivity index (χ4n) is 1.78. The van der Waals surface area contributed by atoms with Crippen molar-refractivity contribution in [3.63, 3.8) is 0 Å². The number of rotatable bonds is 3. The smallest absolute Gasteiger partial charge is 0.125 e. The van der Waals surface area contributed by atoms with Gasteiger partial charge in [-0.05, 0) is 51.8 Å². The lowest BCUT2D eigenvalue weighted by Crippen LogP contribution is -2.03. The zero-order chi connectivity index (χ0) is 14.0. The van der Waals surface area contributed by atoms with Crippen LogP contribution >= 0.6 is 27.5 Å². The molecular formula is C14H11BrClFO2. The Bertz CT molecular complexity index is 604. The van der Waals surface area contributed by atoms with E-state index in [1.165, 1.54) is 25.3 Å². The van der Waals surface area contributed by atoms with Crippen LogP contribution in [0.1, 0.15) is 17.2 Å². The molecule has 1 N–H and O–H groups in total. The predicted octanol–water partition coefficient (Wildman–Crippen LogP) is 4.33. The van der Waals surface area contributed by atoms with E-state index in [1.807, 2.05) is 0 Å². The maximum Gasteiger partial charge on any atom is 0.125 e. The summed E-state index contributed by atoms with van der Waals surface area (Å²) in [4.78, 5) is 0. The van der Waals surface area contributed by atoms with Crippen molar-refractivity contribution in [1.82, 2.24) is 0 Å². The third kappa shape index (κ3) is 3.08. The minimum Gasteiger partial charge on any atom is -0.496 e. The molecule has 0 aromatic heterocycles. The summed E-state index contributed by atoms with van der Waals surface area (Å²) in [6.45, 7) is 0. The molecule has 1 atom stereocenters. The highest BCUT2D eigenvalue weighted by atomic mass is 79.9. The number of ether oxygens (including phenoxy) is 1. The van der Waals surface area contributed by atoms with Crippen LogP contribution < -0.4 is 4.74 Å². The van der Waals surface area contributed by atoms with Crippen LogP contribution in [0.25, 0.3) is 0 Å². The summed E-state index contributed by atoms with van der Waals surface area (Å²) in [6, 6.07) is 9.08. The summed E-state index contributed by atoms with van der Waals surface area (Å²) in [6.07, 6.45) is -1.00. The average Bonchev–Trinajstić information content (AvgIpc) is 2.41. The Kier molecular flexibility index (Phi) is 4.45. The van der Waals surface area contributed by atoms with Gasteiger partial charge >= 0.3 is 0 Å². The summed E-state index contributed by atoms with van der Waals surface area (Å²) in [5.74, 6) is -0.00833. The molecule has 0 aliphatic carbocycles. The van der Waals surface area contributed by atoms with Crippen molar-refractivity contribution in [2.75, 3.05) is 7.11 Å². The fourth-order valence-corrected chi connectivity index (χ4v) is 2.22. The minimum atomic E-state index is -1.00. The molecule has 0 saturated heterocycles. The maximum absolute atomic E-state index is 13.3. The van der Waals surface area contributed by atoms with Crippen LogP contribution in [0.5, 0.6) is 5.75 Å². The van der Waals surface area contributed by atoms with E-state index in [0.29, 0.717) is 21.9 Å². The summed E-state index contributed by atoms with van der Waals surface area (Å²) < 4.78 is 19.2. The molecule has 0 fully saturated rings. The third-order valence-corrected chi connectivity index (χ3v) is 3.98. The molecule has 2 nitrogen and oxygen atoms in total. The first-order chi connectivity index (χ1) is 9.02. The average molecular weight is 346 g/mol. The highest BCUT2D eigenvalue weighted by Crippen LogP contribution is 2.33. The van der Waals surface area contributed by atoms with E-state index in [9.17, 15) is 9.50 Å². The molecule has 19 heavy (non-hydrogen) atoms. The largest absolute Gasteiger partial charge is 0.496 e. The predicted molar refractivity (Wildman–Crippen MR) is 76.2 cm³/mol. The van der Waals surface area contributed by atoms with Crippen molar-refractivity contribution in [3.05, 3.63) is 62.8 Å². The zero-order valence-electron chi connectivity index (χ0n) is 10.0.